The molecule has 0 aromatic carbocycles. The smallest absolute Gasteiger partial charge is 0.407 e. The third-order valence-electron chi connectivity index (χ3n) is 4.15. The van der Waals surface area contributed by atoms with E-state index in [-0.39, 0.29) is 12.0 Å². The summed E-state index contributed by atoms with van der Waals surface area (Å²) in [4.78, 5) is 30.8. The van der Waals surface area contributed by atoms with E-state index in [0.717, 1.165) is 28.4 Å². The Balaban J connectivity index is 1.72. The van der Waals surface area contributed by atoms with Crippen molar-refractivity contribution in [3.8, 4) is 0 Å². The molecule has 0 aliphatic carbocycles. The lowest BCUT2D eigenvalue weighted by Crippen LogP contribution is -2.36. The number of hydrogen-bond donors (Lipinski definition) is 1. The monoisotopic (exact) mass is 309 g/mol. The average molecular weight is 309 g/mol. The Kier molecular flexibility index (Phi) is 3.61. The molecule has 1 atom stereocenters. The highest BCUT2D eigenvalue weighted by molar-refractivity contribution is 7.13. The van der Waals surface area contributed by atoms with Crippen LogP contribution in [0.4, 0.5) is 4.79 Å². The van der Waals surface area contributed by atoms with Gasteiger partial charge in [-0.05, 0) is 26.7 Å². The van der Waals surface area contributed by atoms with Gasteiger partial charge in [0.1, 0.15) is 10.5 Å². The number of carbonyl (C=O) groups is 2. The fourth-order valence-electron chi connectivity index (χ4n) is 3.02. The minimum atomic E-state index is -0.426. The summed E-state index contributed by atoms with van der Waals surface area (Å²) in [5.74, 6) is 0.0485. The first-order valence-electron chi connectivity index (χ1n) is 7.19. The Hall–Kier alpha value is -1.63. The zero-order valence-corrected chi connectivity index (χ0v) is 13.1. The lowest BCUT2D eigenvalue weighted by atomic mass is 9.95. The largest absolute Gasteiger partial charge is 0.441 e. The van der Waals surface area contributed by atoms with Gasteiger partial charge in [0, 0.05) is 19.5 Å². The Labute approximate surface area is 127 Å². The van der Waals surface area contributed by atoms with Crippen molar-refractivity contribution in [2.24, 2.45) is 0 Å². The van der Waals surface area contributed by atoms with Crippen LogP contribution in [0.2, 0.25) is 0 Å². The van der Waals surface area contributed by atoms with Gasteiger partial charge in [0.25, 0.3) is 5.91 Å². The van der Waals surface area contributed by atoms with Gasteiger partial charge in [0.05, 0.1) is 17.2 Å². The van der Waals surface area contributed by atoms with Crippen molar-refractivity contribution in [3.05, 3.63) is 15.6 Å². The summed E-state index contributed by atoms with van der Waals surface area (Å²) in [6.07, 6.45) is 1.99. The molecule has 1 aromatic heterocycles. The quantitative estimate of drug-likeness (QED) is 0.859. The number of nitrogens with one attached hydrogen (secondary N) is 1. The van der Waals surface area contributed by atoms with Gasteiger partial charge in [-0.2, -0.15) is 0 Å². The number of likely N-dealkylation sites (tertiary alicyclic amines) is 1. The van der Waals surface area contributed by atoms with Crippen LogP contribution in [0.3, 0.4) is 0 Å². The van der Waals surface area contributed by atoms with Crippen molar-refractivity contribution in [2.45, 2.75) is 38.7 Å². The van der Waals surface area contributed by atoms with Gasteiger partial charge in [-0.1, -0.05) is 0 Å². The maximum Gasteiger partial charge on any atom is 0.407 e. The molecule has 7 heteroatoms. The fourth-order valence-corrected chi connectivity index (χ4v) is 3.91. The molecular weight excluding hydrogens is 290 g/mol. The predicted octanol–water partition coefficient (Wildman–Crippen LogP) is 1.86. The molecule has 114 valence electrons. The first-order valence-corrected chi connectivity index (χ1v) is 8.01. The number of ether oxygens (including phenoxy) is 1. The summed E-state index contributed by atoms with van der Waals surface area (Å²) in [6, 6.07) is 0. The van der Waals surface area contributed by atoms with E-state index < -0.39 is 5.60 Å². The van der Waals surface area contributed by atoms with E-state index in [1.807, 2.05) is 18.7 Å². The van der Waals surface area contributed by atoms with Crippen molar-refractivity contribution in [2.75, 3.05) is 19.6 Å². The van der Waals surface area contributed by atoms with Gasteiger partial charge >= 0.3 is 6.09 Å². The van der Waals surface area contributed by atoms with Crippen molar-refractivity contribution in [1.29, 1.82) is 0 Å². The molecule has 6 nitrogen and oxygen atoms in total. The Morgan fingerprint density at radius 3 is 2.81 bits per heavy atom. The first kappa shape index (κ1) is 14.3. The lowest BCUT2D eigenvalue weighted by Gasteiger charge is -2.24. The van der Waals surface area contributed by atoms with Crippen LogP contribution in [0.1, 0.15) is 39.6 Å². The molecule has 2 amide bonds. The average Bonchev–Trinajstić information content (AvgIpc) is 2.87. The van der Waals surface area contributed by atoms with Crippen LogP contribution in [0.25, 0.3) is 0 Å². The fraction of sp³-hybridized carbons (Fsp3) is 0.643. The second-order valence-corrected chi connectivity index (χ2v) is 6.92. The number of aromatic nitrogens is 1. The number of alkyl carbamates (subject to hydrolysis) is 1. The highest BCUT2D eigenvalue weighted by Crippen LogP contribution is 2.30. The minimum Gasteiger partial charge on any atom is -0.441 e. The van der Waals surface area contributed by atoms with Crippen molar-refractivity contribution in [1.82, 2.24) is 15.2 Å². The Morgan fingerprint density at radius 2 is 2.19 bits per heavy atom. The second kappa shape index (κ2) is 5.29. The van der Waals surface area contributed by atoms with Crippen LogP contribution in [0, 0.1) is 13.8 Å². The van der Waals surface area contributed by atoms with Crippen LogP contribution in [-0.2, 0) is 4.74 Å². The summed E-state index contributed by atoms with van der Waals surface area (Å²) in [7, 11) is 0. The maximum absolute atomic E-state index is 12.6. The molecule has 0 bridgehead atoms. The molecule has 1 N–H and O–H groups in total. The third-order valence-corrected chi connectivity index (χ3v) is 5.21. The first-order chi connectivity index (χ1) is 9.99. The molecule has 1 spiro atoms. The lowest BCUT2D eigenvalue weighted by molar-refractivity contribution is 0.0439. The number of nitrogens with zero attached hydrogens (tertiary/aromatic N) is 2. The van der Waals surface area contributed by atoms with Gasteiger partial charge in [0.15, 0.2) is 0 Å². The Bertz CT molecular complexity index is 586. The number of carbonyl (C=O) groups excluding carboxylic acids is 2. The van der Waals surface area contributed by atoms with Crippen molar-refractivity contribution < 1.29 is 14.3 Å². The molecule has 3 rings (SSSR count). The zero-order chi connectivity index (χ0) is 15.0. The predicted molar refractivity (Wildman–Crippen MR) is 78.6 cm³/mol. The van der Waals surface area contributed by atoms with E-state index in [2.05, 4.69) is 10.3 Å². The van der Waals surface area contributed by atoms with Crippen LogP contribution in [0.5, 0.6) is 0 Å². The van der Waals surface area contributed by atoms with Crippen LogP contribution < -0.4 is 5.32 Å². The molecule has 3 heterocycles. The van der Waals surface area contributed by atoms with E-state index in [9.17, 15) is 9.59 Å². The van der Waals surface area contributed by atoms with E-state index in [1.54, 1.807) is 0 Å². The van der Waals surface area contributed by atoms with Gasteiger partial charge in [0.2, 0.25) is 0 Å². The third kappa shape index (κ3) is 2.74. The second-order valence-electron chi connectivity index (χ2n) is 5.72. The van der Waals surface area contributed by atoms with Gasteiger partial charge in [-0.25, -0.2) is 9.78 Å². The highest BCUT2D eigenvalue weighted by atomic mass is 32.1. The number of amides is 2. The highest BCUT2D eigenvalue weighted by Gasteiger charge is 2.42. The van der Waals surface area contributed by atoms with Gasteiger partial charge < -0.3 is 15.0 Å². The molecule has 2 saturated heterocycles. The van der Waals surface area contributed by atoms with E-state index in [0.29, 0.717) is 26.1 Å². The van der Waals surface area contributed by atoms with Crippen molar-refractivity contribution >= 4 is 23.3 Å². The number of hydrogen-bond acceptors (Lipinski definition) is 5. The van der Waals surface area contributed by atoms with Crippen LogP contribution >= 0.6 is 11.3 Å². The van der Waals surface area contributed by atoms with Gasteiger partial charge in [-0.15, -0.1) is 11.3 Å². The zero-order valence-electron chi connectivity index (χ0n) is 12.3. The SMILES string of the molecule is Cc1nc(C)c(C(=O)N2CCCC3(CC2)CNC(=O)O3)s1. The number of thiazole rings is 1. The molecule has 1 unspecified atom stereocenters. The molecule has 0 radical (unpaired) electrons. The number of rotatable bonds is 1. The molecular formula is C14H19N3O3S. The Morgan fingerprint density at radius 1 is 1.38 bits per heavy atom. The van der Waals surface area contributed by atoms with Crippen LogP contribution in [-0.4, -0.2) is 47.1 Å². The molecule has 2 fully saturated rings. The normalized spacial score (nSPS) is 25.6. The molecule has 1 aromatic rings. The summed E-state index contributed by atoms with van der Waals surface area (Å²) in [5.41, 5.74) is 0.375. The van der Waals surface area contributed by atoms with E-state index >= 15 is 0 Å². The molecule has 21 heavy (non-hydrogen) atoms. The maximum atomic E-state index is 12.6. The van der Waals surface area contributed by atoms with E-state index in [4.69, 9.17) is 4.74 Å². The summed E-state index contributed by atoms with van der Waals surface area (Å²) >= 11 is 1.45. The standard InChI is InChI=1S/C14H19N3O3S/c1-9-11(21-10(2)16-9)12(18)17-6-3-4-14(5-7-17)8-15-13(19)20-14/h3-8H2,1-2H3,(H,15,19). The van der Waals surface area contributed by atoms with Crippen molar-refractivity contribution in [3.63, 3.8) is 0 Å². The summed E-state index contributed by atoms with van der Waals surface area (Å²) in [6.45, 7) is 5.65. The molecule has 2 aliphatic rings. The number of aryl methyl sites for hydroxylation is 2. The van der Waals surface area contributed by atoms with Crippen LogP contribution in [0.15, 0.2) is 0 Å². The summed E-state index contributed by atoms with van der Waals surface area (Å²) in [5, 5.41) is 3.64. The molecule has 0 saturated carbocycles. The van der Waals surface area contributed by atoms with E-state index in [1.165, 1.54) is 11.3 Å². The topological polar surface area (TPSA) is 71.5 Å². The minimum absolute atomic E-state index is 0.0485. The van der Waals surface area contributed by atoms with Gasteiger partial charge in [-0.3, -0.25) is 4.79 Å². The summed E-state index contributed by atoms with van der Waals surface area (Å²) < 4.78 is 5.43. The molecule has 2 aliphatic heterocycles.